The molecule has 2 saturated heterocycles. The van der Waals surface area contributed by atoms with E-state index in [9.17, 15) is 14.4 Å². The number of carbonyl (C=O) groups is 3. The molecule has 1 aromatic rings. The number of nitrogens with one attached hydrogen (secondary N) is 2. The summed E-state index contributed by atoms with van der Waals surface area (Å²) in [5.41, 5.74) is 2.80. The Morgan fingerprint density at radius 3 is 2.82 bits per heavy atom. The molecule has 0 spiro atoms. The first-order chi connectivity index (χ1) is 13.6. The number of rotatable bonds is 5. The van der Waals surface area contributed by atoms with Crippen LogP contribution < -0.4 is 10.6 Å². The third kappa shape index (κ3) is 3.69. The zero-order chi connectivity index (χ0) is 19.7. The van der Waals surface area contributed by atoms with Gasteiger partial charge in [-0.2, -0.15) is 0 Å². The number of piperidine rings is 2. The largest absolute Gasteiger partial charge is 0.322 e. The highest BCUT2D eigenvalue weighted by Gasteiger charge is 2.39. The van der Waals surface area contributed by atoms with E-state index >= 15 is 0 Å². The Bertz CT molecular complexity index is 792. The Morgan fingerprint density at radius 1 is 1.18 bits per heavy atom. The van der Waals surface area contributed by atoms with E-state index in [2.05, 4.69) is 21.6 Å². The number of imide groups is 1. The van der Waals surface area contributed by atoms with Gasteiger partial charge >= 0.3 is 0 Å². The Morgan fingerprint density at radius 2 is 2.04 bits per heavy atom. The van der Waals surface area contributed by atoms with Crippen LogP contribution in [0.25, 0.3) is 0 Å². The second kappa shape index (κ2) is 8.01. The van der Waals surface area contributed by atoms with Crippen LogP contribution in [-0.4, -0.2) is 59.7 Å². The van der Waals surface area contributed by atoms with Crippen LogP contribution in [0.5, 0.6) is 0 Å². The summed E-state index contributed by atoms with van der Waals surface area (Å²) in [7, 11) is 1.99. The maximum atomic E-state index is 13.0. The number of nitrogens with zero attached hydrogens (tertiary/aromatic N) is 2. The number of likely N-dealkylation sites (N-methyl/N-ethyl adjacent to an activating group) is 1. The molecule has 0 aromatic heterocycles. The highest BCUT2D eigenvalue weighted by Crippen LogP contribution is 2.29. The van der Waals surface area contributed by atoms with Crippen LogP contribution >= 0.6 is 0 Å². The molecular formula is C21H28N4O3. The molecular weight excluding hydrogens is 356 g/mol. The Balaban J connectivity index is 1.48. The number of hydrogen-bond donors (Lipinski definition) is 2. The number of likely N-dealkylation sites (tertiary alicyclic amines) is 1. The topological polar surface area (TPSA) is 81.8 Å². The molecule has 7 nitrogen and oxygen atoms in total. The molecule has 2 N–H and O–H groups in total. The van der Waals surface area contributed by atoms with Crippen LogP contribution in [0, 0.1) is 0 Å². The molecule has 1 unspecified atom stereocenters. The van der Waals surface area contributed by atoms with E-state index in [4.69, 9.17) is 0 Å². The van der Waals surface area contributed by atoms with Crippen LogP contribution in [-0.2, 0) is 22.7 Å². The zero-order valence-electron chi connectivity index (χ0n) is 16.4. The fourth-order valence-electron chi connectivity index (χ4n) is 4.67. The van der Waals surface area contributed by atoms with Crippen molar-refractivity contribution < 1.29 is 14.4 Å². The van der Waals surface area contributed by atoms with E-state index in [0.29, 0.717) is 24.6 Å². The normalized spacial score (nSPS) is 25.8. The number of hydrogen-bond acceptors (Lipinski definition) is 5. The third-order valence-corrected chi connectivity index (χ3v) is 6.17. The monoisotopic (exact) mass is 384 g/mol. The van der Waals surface area contributed by atoms with Crippen molar-refractivity contribution in [1.82, 2.24) is 20.4 Å². The molecule has 3 amide bonds. The van der Waals surface area contributed by atoms with Crippen molar-refractivity contribution in [1.29, 1.82) is 0 Å². The molecule has 1 aromatic carbocycles. The fraction of sp³-hybridized carbons (Fsp3) is 0.571. The van der Waals surface area contributed by atoms with Gasteiger partial charge in [-0.05, 0) is 50.0 Å². The van der Waals surface area contributed by atoms with Crippen molar-refractivity contribution in [3.05, 3.63) is 34.9 Å². The average molecular weight is 384 g/mol. The molecule has 28 heavy (non-hydrogen) atoms. The smallest absolute Gasteiger partial charge is 0.255 e. The molecule has 7 heteroatoms. The molecule has 2 atom stereocenters. The molecule has 4 rings (SSSR count). The van der Waals surface area contributed by atoms with E-state index in [-0.39, 0.29) is 24.1 Å². The van der Waals surface area contributed by atoms with Gasteiger partial charge in [-0.3, -0.25) is 24.6 Å². The van der Waals surface area contributed by atoms with Crippen LogP contribution in [0.2, 0.25) is 0 Å². The van der Waals surface area contributed by atoms with Gasteiger partial charge in [-0.25, -0.2) is 0 Å². The predicted molar refractivity (Wildman–Crippen MR) is 104 cm³/mol. The Labute approximate surface area is 165 Å². The van der Waals surface area contributed by atoms with Gasteiger partial charge in [0.05, 0.1) is 0 Å². The number of benzene rings is 1. The zero-order valence-corrected chi connectivity index (χ0v) is 16.4. The highest BCUT2D eigenvalue weighted by molar-refractivity contribution is 6.05. The summed E-state index contributed by atoms with van der Waals surface area (Å²) < 4.78 is 0. The van der Waals surface area contributed by atoms with E-state index < -0.39 is 6.04 Å². The molecule has 150 valence electrons. The SMILES string of the molecule is CNC[C@H]1CCCCN1Cc1ccc2c(c1)C(=O)N(C1CCC(=O)NC1=O)C2. The molecule has 0 radical (unpaired) electrons. The summed E-state index contributed by atoms with van der Waals surface area (Å²) >= 11 is 0. The number of amides is 3. The van der Waals surface area contributed by atoms with Crippen molar-refractivity contribution >= 4 is 17.7 Å². The summed E-state index contributed by atoms with van der Waals surface area (Å²) in [5, 5.41) is 5.64. The lowest BCUT2D eigenvalue weighted by molar-refractivity contribution is -0.136. The van der Waals surface area contributed by atoms with Crippen LogP contribution in [0.15, 0.2) is 18.2 Å². The van der Waals surface area contributed by atoms with E-state index in [0.717, 1.165) is 30.8 Å². The Kier molecular flexibility index (Phi) is 5.46. The minimum Gasteiger partial charge on any atom is -0.322 e. The minimum absolute atomic E-state index is 0.100. The standard InChI is InChI=1S/C21H28N4O3/c1-22-11-16-4-2-3-9-24(16)12-14-5-6-15-13-25(21(28)17(15)10-14)18-7-8-19(26)23-20(18)27/h5-6,10,16,18,22H,2-4,7-9,11-13H2,1H3,(H,23,26,27)/t16-,18?/m1/s1. The first-order valence-corrected chi connectivity index (χ1v) is 10.2. The average Bonchev–Trinajstić information content (AvgIpc) is 3.00. The van der Waals surface area contributed by atoms with E-state index in [1.54, 1.807) is 4.90 Å². The van der Waals surface area contributed by atoms with Crippen LogP contribution in [0.1, 0.15) is 53.6 Å². The van der Waals surface area contributed by atoms with Gasteiger partial charge in [0.25, 0.3) is 5.91 Å². The van der Waals surface area contributed by atoms with Gasteiger partial charge in [0.15, 0.2) is 0 Å². The minimum atomic E-state index is -0.553. The van der Waals surface area contributed by atoms with Gasteiger partial charge < -0.3 is 10.2 Å². The van der Waals surface area contributed by atoms with Crippen molar-refractivity contribution in [3.63, 3.8) is 0 Å². The quantitative estimate of drug-likeness (QED) is 0.741. The summed E-state index contributed by atoms with van der Waals surface area (Å²) in [4.78, 5) is 40.7. The highest BCUT2D eigenvalue weighted by atomic mass is 16.2. The second-order valence-electron chi connectivity index (χ2n) is 8.07. The summed E-state index contributed by atoms with van der Waals surface area (Å²) in [6.07, 6.45) is 4.37. The fourth-order valence-corrected chi connectivity index (χ4v) is 4.67. The van der Waals surface area contributed by atoms with Gasteiger partial charge in [-0.1, -0.05) is 18.6 Å². The van der Waals surface area contributed by atoms with Gasteiger partial charge in [0, 0.05) is 37.7 Å². The van der Waals surface area contributed by atoms with Crippen LogP contribution in [0.3, 0.4) is 0 Å². The second-order valence-corrected chi connectivity index (χ2v) is 8.07. The first-order valence-electron chi connectivity index (χ1n) is 10.2. The molecule has 3 aliphatic heterocycles. The third-order valence-electron chi connectivity index (χ3n) is 6.17. The lowest BCUT2D eigenvalue weighted by Crippen LogP contribution is -2.52. The van der Waals surface area contributed by atoms with Crippen LogP contribution in [0.4, 0.5) is 0 Å². The maximum absolute atomic E-state index is 13.0. The van der Waals surface area contributed by atoms with E-state index in [1.807, 2.05) is 19.2 Å². The maximum Gasteiger partial charge on any atom is 0.255 e. The van der Waals surface area contributed by atoms with Crippen molar-refractivity contribution in [3.8, 4) is 0 Å². The first kappa shape index (κ1) is 19.1. The molecule has 0 aliphatic carbocycles. The number of carbonyl (C=O) groups excluding carboxylic acids is 3. The van der Waals surface area contributed by atoms with Crippen molar-refractivity contribution in [2.75, 3.05) is 20.1 Å². The Hall–Kier alpha value is -2.25. The molecule has 0 bridgehead atoms. The number of fused-ring (bicyclic) bond motifs is 1. The summed E-state index contributed by atoms with van der Waals surface area (Å²) in [6.45, 7) is 3.34. The summed E-state index contributed by atoms with van der Waals surface area (Å²) in [6, 6.07) is 6.09. The molecule has 2 fully saturated rings. The molecule has 3 aliphatic rings. The van der Waals surface area contributed by atoms with E-state index in [1.165, 1.54) is 19.3 Å². The summed E-state index contributed by atoms with van der Waals surface area (Å²) in [5.74, 6) is -0.719. The van der Waals surface area contributed by atoms with Gasteiger partial charge in [-0.15, -0.1) is 0 Å². The van der Waals surface area contributed by atoms with Crippen molar-refractivity contribution in [2.45, 2.75) is 57.3 Å². The van der Waals surface area contributed by atoms with Gasteiger partial charge in [0.1, 0.15) is 6.04 Å². The lowest BCUT2D eigenvalue weighted by atomic mass is 10.00. The molecule has 0 saturated carbocycles. The van der Waals surface area contributed by atoms with Gasteiger partial charge in [0.2, 0.25) is 11.8 Å². The van der Waals surface area contributed by atoms with Crippen molar-refractivity contribution in [2.24, 2.45) is 0 Å². The lowest BCUT2D eigenvalue weighted by Gasteiger charge is -2.35. The predicted octanol–water partition coefficient (Wildman–Crippen LogP) is 1.02. The molecule has 3 heterocycles.